The number of aliphatic carboxylic acids is 1. The Labute approximate surface area is 152 Å². The molecule has 138 valence electrons. The Morgan fingerprint density at radius 2 is 1.46 bits per heavy atom. The molecule has 1 N–H and O–H groups in total. The first-order chi connectivity index (χ1) is 12.6. The zero-order chi connectivity index (χ0) is 18.8. The fourth-order valence-electron chi connectivity index (χ4n) is 2.12. The van der Waals surface area contributed by atoms with Crippen LogP contribution in [0.25, 0.3) is 0 Å². The van der Waals surface area contributed by atoms with Gasteiger partial charge in [-0.2, -0.15) is 0 Å². The maximum atomic E-state index is 11.1. The van der Waals surface area contributed by atoms with Crippen molar-refractivity contribution < 1.29 is 28.8 Å². The number of hydrogen-bond acceptors (Lipinski definition) is 5. The lowest BCUT2D eigenvalue weighted by Gasteiger charge is -2.20. The highest BCUT2D eigenvalue weighted by Crippen LogP contribution is 2.25. The van der Waals surface area contributed by atoms with Gasteiger partial charge in [0.05, 0.1) is 6.08 Å². The van der Waals surface area contributed by atoms with Crippen molar-refractivity contribution in [2.45, 2.75) is 20.1 Å². The highest BCUT2D eigenvalue weighted by Gasteiger charge is 2.19. The topological polar surface area (TPSA) is 74.2 Å². The van der Waals surface area contributed by atoms with E-state index in [-0.39, 0.29) is 5.76 Å². The van der Waals surface area contributed by atoms with E-state index in [9.17, 15) is 4.79 Å². The first-order valence-corrected chi connectivity index (χ1v) is 8.31. The Balaban J connectivity index is 2.11. The Hall–Kier alpha value is -2.83. The predicted octanol–water partition coefficient (Wildman–Crippen LogP) is 4.23. The third kappa shape index (κ3) is 6.23. The number of carboxylic acids is 1. The van der Waals surface area contributed by atoms with Crippen molar-refractivity contribution in [2.24, 2.45) is 0 Å². The second kappa shape index (κ2) is 10.2. The highest BCUT2D eigenvalue weighted by molar-refractivity contribution is 5.80. The maximum absolute atomic E-state index is 11.1. The fraction of sp³-hybridized carbons (Fsp3) is 0.250. The van der Waals surface area contributed by atoms with Gasteiger partial charge in [0.25, 0.3) is 0 Å². The largest absolute Gasteiger partial charge is 0.478 e. The summed E-state index contributed by atoms with van der Waals surface area (Å²) in [5, 5.41) is 9.07. The summed E-state index contributed by atoms with van der Waals surface area (Å²) in [6.45, 7) is 4.30. The molecule has 26 heavy (non-hydrogen) atoms. The summed E-state index contributed by atoms with van der Waals surface area (Å²) in [5.41, 5.74) is 0. The molecule has 0 saturated carbocycles. The SMILES string of the molecule is CCOC(OCC)/C(=C/C(=O)O)Oc1ccc(Oc2ccccc2)cc1. The van der Waals surface area contributed by atoms with Crippen LogP contribution in [0, 0.1) is 0 Å². The number of hydrogen-bond donors (Lipinski definition) is 1. The van der Waals surface area contributed by atoms with Crippen LogP contribution >= 0.6 is 0 Å². The average molecular weight is 358 g/mol. The van der Waals surface area contributed by atoms with Gasteiger partial charge in [0.1, 0.15) is 17.2 Å². The minimum Gasteiger partial charge on any atom is -0.478 e. The number of rotatable bonds is 10. The minimum absolute atomic E-state index is 0.0675. The van der Waals surface area contributed by atoms with Crippen LogP contribution in [0.15, 0.2) is 66.4 Å². The third-order valence-electron chi connectivity index (χ3n) is 3.17. The van der Waals surface area contributed by atoms with Crippen molar-refractivity contribution in [3.8, 4) is 17.2 Å². The van der Waals surface area contributed by atoms with E-state index in [1.807, 2.05) is 30.3 Å². The van der Waals surface area contributed by atoms with Crippen LogP contribution in [-0.4, -0.2) is 30.6 Å². The fourth-order valence-corrected chi connectivity index (χ4v) is 2.12. The van der Waals surface area contributed by atoms with Crippen LogP contribution < -0.4 is 9.47 Å². The Morgan fingerprint density at radius 3 is 2.00 bits per heavy atom. The minimum atomic E-state index is -1.14. The summed E-state index contributed by atoms with van der Waals surface area (Å²) >= 11 is 0. The van der Waals surface area contributed by atoms with Crippen LogP contribution in [0.4, 0.5) is 0 Å². The van der Waals surface area contributed by atoms with Gasteiger partial charge in [-0.15, -0.1) is 0 Å². The van der Waals surface area contributed by atoms with Crippen molar-refractivity contribution in [2.75, 3.05) is 13.2 Å². The molecule has 6 heteroatoms. The molecule has 0 bridgehead atoms. The standard InChI is InChI=1S/C20H22O6/c1-3-23-20(24-4-2)18(14-19(21)22)26-17-12-10-16(11-13-17)25-15-8-6-5-7-9-15/h5-14,20H,3-4H2,1-2H3,(H,21,22)/b18-14-. The van der Waals surface area contributed by atoms with E-state index in [0.29, 0.717) is 24.7 Å². The maximum Gasteiger partial charge on any atom is 0.331 e. The van der Waals surface area contributed by atoms with E-state index in [4.69, 9.17) is 24.1 Å². The molecular weight excluding hydrogens is 336 g/mol. The van der Waals surface area contributed by atoms with Gasteiger partial charge in [0.15, 0.2) is 5.76 Å². The van der Waals surface area contributed by atoms with E-state index >= 15 is 0 Å². The van der Waals surface area contributed by atoms with Crippen LogP contribution in [-0.2, 0) is 14.3 Å². The van der Waals surface area contributed by atoms with Crippen LogP contribution in [0.3, 0.4) is 0 Å². The molecule has 0 heterocycles. The van der Waals surface area contributed by atoms with Gasteiger partial charge in [-0.25, -0.2) is 4.79 Å². The average Bonchev–Trinajstić information content (AvgIpc) is 2.63. The molecule has 2 aromatic carbocycles. The number of ether oxygens (including phenoxy) is 4. The summed E-state index contributed by atoms with van der Waals surface area (Å²) in [6, 6.07) is 16.2. The van der Waals surface area contributed by atoms with Crippen molar-refractivity contribution >= 4 is 5.97 Å². The van der Waals surface area contributed by atoms with Gasteiger partial charge in [-0.1, -0.05) is 18.2 Å². The number of carboxylic acid groups (broad SMARTS) is 1. The summed E-state index contributed by atoms with van der Waals surface area (Å²) in [5.74, 6) is 0.729. The van der Waals surface area contributed by atoms with Crippen LogP contribution in [0.2, 0.25) is 0 Å². The smallest absolute Gasteiger partial charge is 0.331 e. The van der Waals surface area contributed by atoms with Gasteiger partial charge in [-0.3, -0.25) is 0 Å². The molecule has 0 aromatic heterocycles. The van der Waals surface area contributed by atoms with Crippen molar-refractivity contribution in [1.29, 1.82) is 0 Å². The monoisotopic (exact) mass is 358 g/mol. The molecule has 0 aliphatic rings. The van der Waals surface area contributed by atoms with Crippen molar-refractivity contribution in [3.05, 3.63) is 66.4 Å². The quantitative estimate of drug-likeness (QED) is 0.389. The van der Waals surface area contributed by atoms with Crippen molar-refractivity contribution in [1.82, 2.24) is 0 Å². The molecule has 6 nitrogen and oxygen atoms in total. The number of carbonyl (C=O) groups is 1. The Bertz CT molecular complexity index is 703. The molecular formula is C20H22O6. The first-order valence-electron chi connectivity index (χ1n) is 8.31. The normalized spacial score (nSPS) is 11.4. The number of benzene rings is 2. The van der Waals surface area contributed by atoms with Gasteiger partial charge < -0.3 is 24.1 Å². The van der Waals surface area contributed by atoms with E-state index in [0.717, 1.165) is 11.8 Å². The van der Waals surface area contributed by atoms with Crippen LogP contribution in [0.1, 0.15) is 13.8 Å². The number of para-hydroxylation sites is 1. The summed E-state index contributed by atoms with van der Waals surface area (Å²) in [6.07, 6.45) is 0.0472. The zero-order valence-corrected chi connectivity index (χ0v) is 14.8. The summed E-state index contributed by atoms with van der Waals surface area (Å²) < 4.78 is 22.2. The molecule has 0 fully saturated rings. The Kier molecular flexibility index (Phi) is 7.67. The second-order valence-corrected chi connectivity index (χ2v) is 5.12. The Morgan fingerprint density at radius 1 is 0.923 bits per heavy atom. The van der Waals surface area contributed by atoms with Gasteiger partial charge in [0, 0.05) is 13.2 Å². The molecule has 0 aliphatic heterocycles. The molecule has 0 saturated heterocycles. The summed E-state index contributed by atoms with van der Waals surface area (Å²) in [4.78, 5) is 11.1. The van der Waals surface area contributed by atoms with Crippen molar-refractivity contribution in [3.63, 3.8) is 0 Å². The highest BCUT2D eigenvalue weighted by atomic mass is 16.7. The van der Waals surface area contributed by atoms with E-state index < -0.39 is 12.3 Å². The molecule has 2 aromatic rings. The lowest BCUT2D eigenvalue weighted by molar-refractivity contribution is -0.136. The van der Waals surface area contributed by atoms with E-state index in [2.05, 4.69) is 0 Å². The second-order valence-electron chi connectivity index (χ2n) is 5.12. The first kappa shape index (κ1) is 19.5. The molecule has 0 amide bonds. The van der Waals surface area contributed by atoms with Crippen LogP contribution in [0.5, 0.6) is 17.2 Å². The molecule has 0 unspecified atom stereocenters. The summed E-state index contributed by atoms with van der Waals surface area (Å²) in [7, 11) is 0. The van der Waals surface area contributed by atoms with E-state index in [1.165, 1.54) is 0 Å². The molecule has 0 spiro atoms. The third-order valence-corrected chi connectivity index (χ3v) is 3.17. The molecule has 0 radical (unpaired) electrons. The molecule has 2 rings (SSSR count). The van der Waals surface area contributed by atoms with Gasteiger partial charge >= 0.3 is 5.97 Å². The van der Waals surface area contributed by atoms with E-state index in [1.54, 1.807) is 38.1 Å². The van der Waals surface area contributed by atoms with Gasteiger partial charge in [0.2, 0.25) is 6.29 Å². The zero-order valence-electron chi connectivity index (χ0n) is 14.8. The predicted molar refractivity (Wildman–Crippen MR) is 96.3 cm³/mol. The van der Waals surface area contributed by atoms with Gasteiger partial charge in [-0.05, 0) is 50.2 Å². The molecule has 0 atom stereocenters. The lowest BCUT2D eigenvalue weighted by Crippen LogP contribution is -2.24. The molecule has 0 aliphatic carbocycles. The lowest BCUT2D eigenvalue weighted by atomic mass is 10.3.